The Morgan fingerprint density at radius 2 is 1.79 bits per heavy atom. The van der Waals surface area contributed by atoms with E-state index in [4.69, 9.17) is 0 Å². The zero-order chi connectivity index (χ0) is 20.6. The van der Waals surface area contributed by atoms with E-state index in [0.29, 0.717) is 17.9 Å². The van der Waals surface area contributed by atoms with E-state index in [0.717, 1.165) is 29.5 Å². The molecule has 2 aromatic rings. The van der Waals surface area contributed by atoms with Crippen molar-refractivity contribution in [3.63, 3.8) is 0 Å². The number of alkyl halides is 3. The molecule has 0 aliphatic carbocycles. The van der Waals surface area contributed by atoms with Crippen molar-refractivity contribution in [1.29, 1.82) is 0 Å². The van der Waals surface area contributed by atoms with E-state index in [2.05, 4.69) is 10.6 Å². The van der Waals surface area contributed by atoms with Crippen LogP contribution in [0.15, 0.2) is 59.5 Å². The van der Waals surface area contributed by atoms with Gasteiger partial charge in [0, 0.05) is 24.1 Å². The first kappa shape index (κ1) is 21.8. The Morgan fingerprint density at radius 3 is 2.43 bits per heavy atom. The van der Waals surface area contributed by atoms with Crippen LogP contribution in [0.2, 0.25) is 0 Å². The van der Waals surface area contributed by atoms with Crippen LogP contribution in [0.3, 0.4) is 0 Å². The van der Waals surface area contributed by atoms with Gasteiger partial charge in [0.1, 0.15) is 6.04 Å². The molecule has 150 valence electrons. The SMILES string of the molecule is CC(=O)NC(CSc1cccc(C(F)(F)F)c1)C(=O)NCCc1ccccc1. The van der Waals surface area contributed by atoms with Crippen molar-refractivity contribution in [2.75, 3.05) is 12.3 Å². The summed E-state index contributed by atoms with van der Waals surface area (Å²) in [5.74, 6) is -0.628. The fourth-order valence-corrected chi connectivity index (χ4v) is 3.45. The average molecular weight is 410 g/mol. The van der Waals surface area contributed by atoms with Gasteiger partial charge in [-0.15, -0.1) is 11.8 Å². The number of nitrogens with one attached hydrogen (secondary N) is 2. The Kier molecular flexibility index (Phi) is 7.92. The predicted molar refractivity (Wildman–Crippen MR) is 103 cm³/mol. The second kappa shape index (κ2) is 10.2. The monoisotopic (exact) mass is 410 g/mol. The third-order valence-corrected chi connectivity index (χ3v) is 4.92. The molecule has 0 heterocycles. The first-order valence-corrected chi connectivity index (χ1v) is 9.63. The van der Waals surface area contributed by atoms with Crippen LogP contribution in [0.5, 0.6) is 0 Å². The van der Waals surface area contributed by atoms with Gasteiger partial charge >= 0.3 is 6.18 Å². The van der Waals surface area contributed by atoms with E-state index in [9.17, 15) is 22.8 Å². The van der Waals surface area contributed by atoms with Crippen molar-refractivity contribution in [3.05, 3.63) is 65.7 Å². The molecule has 0 spiro atoms. The third-order valence-electron chi connectivity index (χ3n) is 3.83. The molecule has 2 N–H and O–H groups in total. The minimum absolute atomic E-state index is 0.123. The second-order valence-corrected chi connectivity index (χ2v) is 7.21. The molecular weight excluding hydrogens is 389 g/mol. The number of benzene rings is 2. The van der Waals surface area contributed by atoms with Crippen LogP contribution in [-0.4, -0.2) is 30.2 Å². The van der Waals surface area contributed by atoms with Crippen LogP contribution in [0.4, 0.5) is 13.2 Å². The molecule has 0 saturated heterocycles. The summed E-state index contributed by atoms with van der Waals surface area (Å²) >= 11 is 1.08. The number of carbonyl (C=O) groups excluding carboxylic acids is 2. The van der Waals surface area contributed by atoms with Gasteiger partial charge in [-0.2, -0.15) is 13.2 Å². The van der Waals surface area contributed by atoms with E-state index < -0.39 is 17.8 Å². The molecule has 1 atom stereocenters. The van der Waals surface area contributed by atoms with Crippen molar-refractivity contribution in [1.82, 2.24) is 10.6 Å². The van der Waals surface area contributed by atoms with Crippen LogP contribution in [-0.2, 0) is 22.2 Å². The van der Waals surface area contributed by atoms with Crippen LogP contribution >= 0.6 is 11.8 Å². The van der Waals surface area contributed by atoms with Gasteiger partial charge in [-0.05, 0) is 30.2 Å². The van der Waals surface area contributed by atoms with Crippen molar-refractivity contribution in [3.8, 4) is 0 Å². The third kappa shape index (κ3) is 7.26. The average Bonchev–Trinajstić information content (AvgIpc) is 2.65. The quantitative estimate of drug-likeness (QED) is 0.653. The summed E-state index contributed by atoms with van der Waals surface area (Å²) in [7, 11) is 0. The summed E-state index contributed by atoms with van der Waals surface area (Å²) < 4.78 is 38.4. The van der Waals surface area contributed by atoms with Gasteiger partial charge < -0.3 is 10.6 Å². The number of thioether (sulfide) groups is 1. The van der Waals surface area contributed by atoms with Crippen molar-refractivity contribution in [2.24, 2.45) is 0 Å². The second-order valence-electron chi connectivity index (χ2n) is 6.12. The molecule has 0 saturated carbocycles. The van der Waals surface area contributed by atoms with Crippen LogP contribution in [0, 0.1) is 0 Å². The molecule has 0 aliphatic heterocycles. The molecule has 28 heavy (non-hydrogen) atoms. The molecule has 0 fully saturated rings. The first-order valence-electron chi connectivity index (χ1n) is 8.64. The fourth-order valence-electron chi connectivity index (χ4n) is 2.47. The van der Waals surface area contributed by atoms with Crippen LogP contribution in [0.25, 0.3) is 0 Å². The Hall–Kier alpha value is -2.48. The maximum Gasteiger partial charge on any atom is 0.416 e. The van der Waals surface area contributed by atoms with E-state index >= 15 is 0 Å². The standard InChI is InChI=1S/C20H21F3N2O2S/c1-14(26)25-18(19(27)24-11-10-15-6-3-2-4-7-15)13-28-17-9-5-8-16(12-17)20(21,22)23/h2-9,12,18H,10-11,13H2,1H3,(H,24,27)(H,25,26). The molecule has 0 bridgehead atoms. The van der Waals surface area contributed by atoms with Gasteiger partial charge in [0.25, 0.3) is 0 Å². The Labute approximate surface area is 165 Å². The van der Waals surface area contributed by atoms with Crippen LogP contribution in [0.1, 0.15) is 18.1 Å². The summed E-state index contributed by atoms with van der Waals surface area (Å²) in [6.07, 6.45) is -3.79. The van der Waals surface area contributed by atoms with E-state index in [1.165, 1.54) is 19.1 Å². The molecule has 1 unspecified atom stereocenters. The highest BCUT2D eigenvalue weighted by Crippen LogP contribution is 2.32. The molecule has 2 rings (SSSR count). The molecule has 8 heteroatoms. The highest BCUT2D eigenvalue weighted by atomic mass is 32.2. The Balaban J connectivity index is 1.93. The molecular formula is C20H21F3N2O2S. The lowest BCUT2D eigenvalue weighted by Crippen LogP contribution is -2.48. The van der Waals surface area contributed by atoms with Gasteiger partial charge in [0.15, 0.2) is 0 Å². The maximum atomic E-state index is 12.8. The smallest absolute Gasteiger partial charge is 0.354 e. The number of carbonyl (C=O) groups is 2. The predicted octanol–water partition coefficient (Wildman–Crippen LogP) is 3.66. The van der Waals surface area contributed by atoms with Crippen LogP contribution < -0.4 is 10.6 Å². The normalized spacial score (nSPS) is 12.3. The molecule has 2 aromatic carbocycles. The Morgan fingerprint density at radius 1 is 1.07 bits per heavy atom. The topological polar surface area (TPSA) is 58.2 Å². The fraction of sp³-hybridized carbons (Fsp3) is 0.300. The summed E-state index contributed by atoms with van der Waals surface area (Å²) in [4.78, 5) is 24.2. The van der Waals surface area contributed by atoms with E-state index in [1.54, 1.807) is 0 Å². The molecule has 4 nitrogen and oxygen atoms in total. The Bertz CT molecular complexity index is 798. The molecule has 0 radical (unpaired) electrons. The number of rotatable bonds is 8. The summed E-state index contributed by atoms with van der Waals surface area (Å²) in [5, 5.41) is 5.31. The first-order chi connectivity index (χ1) is 13.3. The van der Waals surface area contributed by atoms with Gasteiger partial charge in [0.05, 0.1) is 5.56 Å². The lowest BCUT2D eigenvalue weighted by atomic mass is 10.1. The molecule has 2 amide bonds. The molecule has 0 aliphatic rings. The van der Waals surface area contributed by atoms with E-state index in [1.807, 2.05) is 30.3 Å². The number of halogens is 3. The largest absolute Gasteiger partial charge is 0.416 e. The van der Waals surface area contributed by atoms with Crippen molar-refractivity contribution in [2.45, 2.75) is 30.5 Å². The lowest BCUT2D eigenvalue weighted by molar-refractivity contribution is -0.137. The van der Waals surface area contributed by atoms with Gasteiger partial charge in [-0.25, -0.2) is 0 Å². The maximum absolute atomic E-state index is 12.8. The van der Waals surface area contributed by atoms with E-state index in [-0.39, 0.29) is 17.6 Å². The van der Waals surface area contributed by atoms with Gasteiger partial charge in [0.2, 0.25) is 11.8 Å². The van der Waals surface area contributed by atoms with Gasteiger partial charge in [-0.1, -0.05) is 36.4 Å². The van der Waals surface area contributed by atoms with Crippen molar-refractivity contribution < 1.29 is 22.8 Å². The van der Waals surface area contributed by atoms with Crippen molar-refractivity contribution >= 4 is 23.6 Å². The summed E-state index contributed by atoms with van der Waals surface area (Å²) in [6.45, 7) is 1.69. The minimum atomic E-state index is -4.43. The number of amides is 2. The summed E-state index contributed by atoms with van der Waals surface area (Å²) in [5.41, 5.74) is 0.318. The zero-order valence-electron chi connectivity index (χ0n) is 15.3. The highest BCUT2D eigenvalue weighted by Gasteiger charge is 2.30. The summed E-state index contributed by atoms with van der Waals surface area (Å²) in [6, 6.07) is 13.6. The highest BCUT2D eigenvalue weighted by molar-refractivity contribution is 7.99. The minimum Gasteiger partial charge on any atom is -0.354 e. The number of hydrogen-bond acceptors (Lipinski definition) is 3. The lowest BCUT2D eigenvalue weighted by Gasteiger charge is -2.18. The number of hydrogen-bond donors (Lipinski definition) is 2. The zero-order valence-corrected chi connectivity index (χ0v) is 16.1. The van der Waals surface area contributed by atoms with Gasteiger partial charge in [-0.3, -0.25) is 9.59 Å². The molecule has 0 aromatic heterocycles.